The number of fused-ring (bicyclic) bond motifs is 1. The minimum Gasteiger partial charge on any atom is -0.454 e. The number of nitrogens with zero attached hydrogens (tertiary/aromatic N) is 3. The SMILES string of the molecule is C/C=C(\C)CN1CCCC(N2CCN(Cc3ccc4c(c3)OCO4)CC2)C1. The Labute approximate surface area is 163 Å². The van der Waals surface area contributed by atoms with E-state index in [2.05, 4.69) is 46.8 Å². The molecule has 2 saturated heterocycles. The Morgan fingerprint density at radius 3 is 2.70 bits per heavy atom. The van der Waals surface area contributed by atoms with Gasteiger partial charge in [-0.3, -0.25) is 14.7 Å². The van der Waals surface area contributed by atoms with Crippen LogP contribution in [0.1, 0.15) is 32.3 Å². The van der Waals surface area contributed by atoms with Crippen molar-refractivity contribution in [2.24, 2.45) is 0 Å². The molecule has 4 rings (SSSR count). The maximum Gasteiger partial charge on any atom is 0.231 e. The van der Waals surface area contributed by atoms with Gasteiger partial charge in [-0.1, -0.05) is 17.7 Å². The molecule has 1 atom stereocenters. The molecule has 3 aliphatic rings. The van der Waals surface area contributed by atoms with E-state index >= 15 is 0 Å². The van der Waals surface area contributed by atoms with Crippen molar-refractivity contribution in [1.82, 2.24) is 14.7 Å². The Balaban J connectivity index is 1.26. The Bertz CT molecular complexity index is 668. The summed E-state index contributed by atoms with van der Waals surface area (Å²) in [7, 11) is 0. The summed E-state index contributed by atoms with van der Waals surface area (Å²) in [5.41, 5.74) is 2.81. The quantitative estimate of drug-likeness (QED) is 0.742. The van der Waals surface area contributed by atoms with Gasteiger partial charge in [0, 0.05) is 51.9 Å². The molecule has 0 N–H and O–H groups in total. The standard InChI is InChI=1S/C22H33N3O2/c1-3-18(2)14-24-8-4-5-20(16-24)25-11-9-23(10-12-25)15-19-6-7-21-22(13-19)27-17-26-21/h3,6-7,13,20H,4-5,8-12,14-17H2,1-2H3/b18-3+. The summed E-state index contributed by atoms with van der Waals surface area (Å²) in [5.74, 6) is 1.77. The van der Waals surface area contributed by atoms with Crippen molar-refractivity contribution >= 4 is 0 Å². The molecule has 0 bridgehead atoms. The van der Waals surface area contributed by atoms with Gasteiger partial charge >= 0.3 is 0 Å². The second-order valence-corrected chi connectivity index (χ2v) is 8.17. The molecule has 0 spiro atoms. The highest BCUT2D eigenvalue weighted by Gasteiger charge is 2.28. The van der Waals surface area contributed by atoms with Crippen molar-refractivity contribution in [3.63, 3.8) is 0 Å². The van der Waals surface area contributed by atoms with Crippen LogP contribution in [0.4, 0.5) is 0 Å². The van der Waals surface area contributed by atoms with Crippen molar-refractivity contribution in [3.05, 3.63) is 35.4 Å². The summed E-state index contributed by atoms with van der Waals surface area (Å²) in [6, 6.07) is 7.08. The van der Waals surface area contributed by atoms with E-state index in [0.29, 0.717) is 6.79 Å². The van der Waals surface area contributed by atoms with E-state index in [4.69, 9.17) is 9.47 Å². The molecule has 27 heavy (non-hydrogen) atoms. The third-order valence-electron chi connectivity index (χ3n) is 6.21. The molecule has 3 heterocycles. The fourth-order valence-electron chi connectivity index (χ4n) is 4.50. The van der Waals surface area contributed by atoms with Gasteiger partial charge in [0.15, 0.2) is 11.5 Å². The van der Waals surface area contributed by atoms with E-state index < -0.39 is 0 Å². The van der Waals surface area contributed by atoms with E-state index in [-0.39, 0.29) is 0 Å². The van der Waals surface area contributed by atoms with Crippen LogP contribution in [0, 0.1) is 0 Å². The predicted molar refractivity (Wildman–Crippen MR) is 108 cm³/mol. The van der Waals surface area contributed by atoms with Crippen LogP contribution in [-0.4, -0.2) is 73.3 Å². The van der Waals surface area contributed by atoms with Crippen LogP contribution in [-0.2, 0) is 6.54 Å². The molecule has 148 valence electrons. The molecule has 0 saturated carbocycles. The largest absolute Gasteiger partial charge is 0.454 e. The van der Waals surface area contributed by atoms with E-state index in [1.54, 1.807) is 0 Å². The van der Waals surface area contributed by atoms with Crippen LogP contribution in [0.3, 0.4) is 0 Å². The average molecular weight is 372 g/mol. The molecule has 1 aromatic rings. The molecule has 0 amide bonds. The first-order valence-corrected chi connectivity index (χ1v) is 10.4. The van der Waals surface area contributed by atoms with Crippen molar-refractivity contribution < 1.29 is 9.47 Å². The predicted octanol–water partition coefficient (Wildman–Crippen LogP) is 2.96. The van der Waals surface area contributed by atoms with Crippen molar-refractivity contribution in [2.45, 2.75) is 39.3 Å². The van der Waals surface area contributed by atoms with Crippen LogP contribution in [0.2, 0.25) is 0 Å². The zero-order valence-electron chi connectivity index (χ0n) is 16.8. The second kappa shape index (κ2) is 8.63. The van der Waals surface area contributed by atoms with Crippen molar-refractivity contribution in [2.75, 3.05) is 52.6 Å². The molecule has 0 aromatic heterocycles. The topological polar surface area (TPSA) is 28.2 Å². The molecular weight excluding hydrogens is 338 g/mol. The maximum atomic E-state index is 5.51. The van der Waals surface area contributed by atoms with E-state index in [0.717, 1.165) is 43.7 Å². The normalized spacial score (nSPS) is 25.1. The maximum absolute atomic E-state index is 5.51. The smallest absolute Gasteiger partial charge is 0.231 e. The van der Waals surface area contributed by atoms with Crippen LogP contribution < -0.4 is 9.47 Å². The van der Waals surface area contributed by atoms with Crippen LogP contribution >= 0.6 is 0 Å². The minimum absolute atomic E-state index is 0.351. The van der Waals surface area contributed by atoms with E-state index in [9.17, 15) is 0 Å². The van der Waals surface area contributed by atoms with Gasteiger partial charge in [-0.2, -0.15) is 0 Å². The Hall–Kier alpha value is -1.56. The van der Waals surface area contributed by atoms with Gasteiger partial charge in [0.1, 0.15) is 0 Å². The summed E-state index contributed by atoms with van der Waals surface area (Å²) in [6.45, 7) is 14.0. The zero-order chi connectivity index (χ0) is 18.6. The monoisotopic (exact) mass is 371 g/mol. The molecule has 5 heteroatoms. The fraction of sp³-hybridized carbons (Fsp3) is 0.636. The van der Waals surface area contributed by atoms with Crippen molar-refractivity contribution in [3.8, 4) is 11.5 Å². The number of hydrogen-bond donors (Lipinski definition) is 0. The molecule has 5 nitrogen and oxygen atoms in total. The van der Waals surface area contributed by atoms with Gasteiger partial charge in [-0.05, 0) is 50.9 Å². The average Bonchev–Trinajstić information content (AvgIpc) is 3.16. The summed E-state index contributed by atoms with van der Waals surface area (Å²) >= 11 is 0. The molecule has 2 fully saturated rings. The lowest BCUT2D eigenvalue weighted by molar-refractivity contribution is 0.0524. The number of hydrogen-bond acceptors (Lipinski definition) is 5. The molecule has 0 aliphatic carbocycles. The lowest BCUT2D eigenvalue weighted by Crippen LogP contribution is -2.54. The molecule has 3 aliphatic heterocycles. The zero-order valence-corrected chi connectivity index (χ0v) is 16.8. The van der Waals surface area contributed by atoms with Gasteiger partial charge in [0.25, 0.3) is 0 Å². The molecular formula is C22H33N3O2. The number of piperazine rings is 1. The highest BCUT2D eigenvalue weighted by Crippen LogP contribution is 2.33. The molecule has 0 radical (unpaired) electrons. The summed E-state index contributed by atoms with van der Waals surface area (Å²) < 4.78 is 10.9. The number of likely N-dealkylation sites (tertiary alicyclic amines) is 1. The lowest BCUT2D eigenvalue weighted by atomic mass is 10.0. The highest BCUT2D eigenvalue weighted by atomic mass is 16.7. The van der Waals surface area contributed by atoms with E-state index in [1.165, 1.54) is 50.2 Å². The fourth-order valence-corrected chi connectivity index (χ4v) is 4.50. The number of ether oxygens (including phenoxy) is 2. The van der Waals surface area contributed by atoms with E-state index in [1.807, 2.05) is 6.07 Å². The van der Waals surface area contributed by atoms with Gasteiger partial charge in [0.2, 0.25) is 6.79 Å². The summed E-state index contributed by atoms with van der Waals surface area (Å²) in [4.78, 5) is 7.94. The highest BCUT2D eigenvalue weighted by molar-refractivity contribution is 5.44. The van der Waals surface area contributed by atoms with Gasteiger partial charge in [-0.15, -0.1) is 0 Å². The molecule has 1 unspecified atom stereocenters. The number of piperidine rings is 1. The molecule has 1 aromatic carbocycles. The van der Waals surface area contributed by atoms with Crippen LogP contribution in [0.5, 0.6) is 11.5 Å². The minimum atomic E-state index is 0.351. The number of benzene rings is 1. The second-order valence-electron chi connectivity index (χ2n) is 8.17. The Morgan fingerprint density at radius 1 is 1.07 bits per heavy atom. The lowest BCUT2D eigenvalue weighted by Gasteiger charge is -2.43. The number of rotatable bonds is 5. The third-order valence-corrected chi connectivity index (χ3v) is 6.21. The van der Waals surface area contributed by atoms with Crippen LogP contribution in [0.25, 0.3) is 0 Å². The van der Waals surface area contributed by atoms with Gasteiger partial charge < -0.3 is 9.47 Å². The van der Waals surface area contributed by atoms with Crippen LogP contribution in [0.15, 0.2) is 29.8 Å². The summed E-state index contributed by atoms with van der Waals surface area (Å²) in [5, 5.41) is 0. The van der Waals surface area contributed by atoms with Crippen molar-refractivity contribution in [1.29, 1.82) is 0 Å². The first kappa shape index (κ1) is 18.8. The summed E-state index contributed by atoms with van der Waals surface area (Å²) in [6.07, 6.45) is 4.94. The number of allylic oxidation sites excluding steroid dienone is 1. The first-order valence-electron chi connectivity index (χ1n) is 10.4. The van der Waals surface area contributed by atoms with Gasteiger partial charge in [-0.25, -0.2) is 0 Å². The Morgan fingerprint density at radius 2 is 1.89 bits per heavy atom. The third kappa shape index (κ3) is 4.65. The van der Waals surface area contributed by atoms with Gasteiger partial charge in [0.05, 0.1) is 0 Å². The Kier molecular flexibility index (Phi) is 6.01. The first-order chi connectivity index (χ1) is 13.2.